The molecule has 0 N–H and O–H groups in total. The van der Waals surface area contributed by atoms with E-state index >= 15 is 0 Å². The van der Waals surface area contributed by atoms with Crippen LogP contribution in [0.15, 0.2) is 64.8 Å². The van der Waals surface area contributed by atoms with Gasteiger partial charge in [-0.2, -0.15) is 5.11 Å². The summed E-state index contributed by atoms with van der Waals surface area (Å²) >= 11 is 0. The van der Waals surface area contributed by atoms with Gasteiger partial charge < -0.3 is 9.53 Å². The second kappa shape index (κ2) is 7.19. The number of benzene rings is 2. The third-order valence-corrected chi connectivity index (χ3v) is 2.63. The number of para-hydroxylation sites is 1. The highest BCUT2D eigenvalue weighted by molar-refractivity contribution is 5.54. The van der Waals surface area contributed by atoms with Crippen molar-refractivity contribution in [2.75, 3.05) is 6.61 Å². The van der Waals surface area contributed by atoms with Gasteiger partial charge in [0.25, 0.3) is 0 Å². The fourth-order valence-corrected chi connectivity index (χ4v) is 1.53. The molecule has 0 aromatic heterocycles. The summed E-state index contributed by atoms with van der Waals surface area (Å²) < 4.78 is 5.59. The molecule has 0 radical (unpaired) electrons. The van der Waals surface area contributed by atoms with E-state index in [9.17, 15) is 4.79 Å². The Bertz CT molecular complexity index is 582. The highest BCUT2D eigenvalue weighted by Gasteiger charge is 2.05. The third kappa shape index (κ3) is 4.02. The zero-order valence-corrected chi connectivity index (χ0v) is 11.3. The van der Waals surface area contributed by atoms with Gasteiger partial charge in [0.05, 0.1) is 12.3 Å². The molecule has 4 heteroatoms. The zero-order chi connectivity index (χ0) is 14.2. The minimum absolute atomic E-state index is 0.144. The standard InChI is InChI=1S/C16H16N2O2/c1-13(11-19)12-20-16-10-6-5-9-15(16)18-17-14-7-3-2-4-8-14/h2-11,13H,12H2,1H3. The lowest BCUT2D eigenvalue weighted by Gasteiger charge is -2.09. The molecule has 0 aliphatic heterocycles. The van der Waals surface area contributed by atoms with Crippen molar-refractivity contribution in [1.29, 1.82) is 0 Å². The van der Waals surface area contributed by atoms with E-state index in [1.165, 1.54) is 0 Å². The summed E-state index contributed by atoms with van der Waals surface area (Å²) in [6.45, 7) is 2.14. The van der Waals surface area contributed by atoms with Crippen molar-refractivity contribution in [1.82, 2.24) is 0 Å². The second-order valence-corrected chi connectivity index (χ2v) is 4.43. The van der Waals surface area contributed by atoms with Gasteiger partial charge in [-0.05, 0) is 24.3 Å². The maximum atomic E-state index is 10.6. The van der Waals surface area contributed by atoms with Gasteiger partial charge in [0.15, 0.2) is 0 Å². The molecule has 4 nitrogen and oxygen atoms in total. The first-order valence-corrected chi connectivity index (χ1v) is 6.43. The Labute approximate surface area is 118 Å². The van der Waals surface area contributed by atoms with E-state index in [1.54, 1.807) is 6.92 Å². The molecule has 0 bridgehead atoms. The summed E-state index contributed by atoms with van der Waals surface area (Å²) in [5.74, 6) is 0.481. The van der Waals surface area contributed by atoms with Gasteiger partial charge in [-0.25, -0.2) is 0 Å². The molecule has 2 aromatic rings. The summed E-state index contributed by atoms with van der Waals surface area (Å²) in [5.41, 5.74) is 1.43. The van der Waals surface area contributed by atoms with E-state index in [4.69, 9.17) is 4.74 Å². The molecule has 0 saturated carbocycles. The number of hydrogen-bond donors (Lipinski definition) is 0. The predicted molar refractivity (Wildman–Crippen MR) is 77.8 cm³/mol. The van der Waals surface area contributed by atoms with Crippen LogP contribution in [0.5, 0.6) is 5.75 Å². The van der Waals surface area contributed by atoms with Crippen LogP contribution < -0.4 is 4.74 Å². The molecule has 1 atom stereocenters. The molecule has 2 aromatic carbocycles. The molecule has 0 amide bonds. The van der Waals surface area contributed by atoms with Gasteiger partial charge in [-0.1, -0.05) is 37.3 Å². The summed E-state index contributed by atoms with van der Waals surface area (Å²) in [6, 6.07) is 16.9. The van der Waals surface area contributed by atoms with Crippen molar-refractivity contribution in [2.24, 2.45) is 16.1 Å². The number of carbonyl (C=O) groups excluding carboxylic acids is 1. The van der Waals surface area contributed by atoms with E-state index in [0.717, 1.165) is 12.0 Å². The van der Waals surface area contributed by atoms with E-state index in [1.807, 2.05) is 54.6 Å². The van der Waals surface area contributed by atoms with Crippen LogP contribution in [0, 0.1) is 5.92 Å². The first kappa shape index (κ1) is 13.9. The quantitative estimate of drug-likeness (QED) is 0.578. The van der Waals surface area contributed by atoms with Crippen LogP contribution in [0.3, 0.4) is 0 Å². The lowest BCUT2D eigenvalue weighted by molar-refractivity contribution is -0.111. The van der Waals surface area contributed by atoms with E-state index < -0.39 is 0 Å². The SMILES string of the molecule is CC(C=O)COc1ccccc1N=Nc1ccccc1. The van der Waals surface area contributed by atoms with Crippen LogP contribution in [0.4, 0.5) is 11.4 Å². The van der Waals surface area contributed by atoms with Crippen LogP contribution in [0.2, 0.25) is 0 Å². The topological polar surface area (TPSA) is 51.0 Å². The van der Waals surface area contributed by atoms with Crippen LogP contribution in [0.1, 0.15) is 6.92 Å². The largest absolute Gasteiger partial charge is 0.491 e. The van der Waals surface area contributed by atoms with Gasteiger partial charge in [-0.3, -0.25) is 0 Å². The Hall–Kier alpha value is -2.49. The van der Waals surface area contributed by atoms with Crippen molar-refractivity contribution in [3.63, 3.8) is 0 Å². The third-order valence-electron chi connectivity index (χ3n) is 2.63. The molecule has 0 aliphatic rings. The van der Waals surface area contributed by atoms with E-state index in [0.29, 0.717) is 18.0 Å². The first-order chi connectivity index (χ1) is 9.79. The number of nitrogens with zero attached hydrogens (tertiary/aromatic N) is 2. The first-order valence-electron chi connectivity index (χ1n) is 6.43. The van der Waals surface area contributed by atoms with Gasteiger partial charge in [-0.15, -0.1) is 5.11 Å². The molecule has 0 spiro atoms. The smallest absolute Gasteiger partial charge is 0.146 e. The number of aldehydes is 1. The van der Waals surface area contributed by atoms with Gasteiger partial charge >= 0.3 is 0 Å². The molecule has 102 valence electrons. The Balaban J connectivity index is 2.11. The van der Waals surface area contributed by atoms with Gasteiger partial charge in [0.1, 0.15) is 17.7 Å². The number of azo groups is 1. The Morgan fingerprint density at radius 2 is 1.75 bits per heavy atom. The molecule has 0 saturated heterocycles. The number of hydrogen-bond acceptors (Lipinski definition) is 4. The normalized spacial score (nSPS) is 12.2. The fourth-order valence-electron chi connectivity index (χ4n) is 1.53. The monoisotopic (exact) mass is 268 g/mol. The summed E-state index contributed by atoms with van der Waals surface area (Å²) in [6.07, 6.45) is 0.869. The van der Waals surface area contributed by atoms with Crippen molar-refractivity contribution >= 4 is 17.7 Å². The molecular formula is C16H16N2O2. The predicted octanol–water partition coefficient (Wildman–Crippen LogP) is 4.32. The second-order valence-electron chi connectivity index (χ2n) is 4.43. The number of ether oxygens (including phenoxy) is 1. The maximum absolute atomic E-state index is 10.6. The molecule has 0 fully saturated rings. The van der Waals surface area contributed by atoms with Crippen LogP contribution >= 0.6 is 0 Å². The molecular weight excluding hydrogens is 252 g/mol. The van der Waals surface area contributed by atoms with Crippen LogP contribution in [-0.2, 0) is 4.79 Å². The minimum Gasteiger partial charge on any atom is -0.491 e. The van der Waals surface area contributed by atoms with E-state index in [2.05, 4.69) is 10.2 Å². The average molecular weight is 268 g/mol. The Kier molecular flexibility index (Phi) is 5.00. The lowest BCUT2D eigenvalue weighted by atomic mass is 10.2. The van der Waals surface area contributed by atoms with Crippen molar-refractivity contribution in [2.45, 2.75) is 6.92 Å². The molecule has 2 rings (SSSR count). The van der Waals surface area contributed by atoms with Crippen molar-refractivity contribution in [3.05, 3.63) is 54.6 Å². The maximum Gasteiger partial charge on any atom is 0.146 e. The van der Waals surface area contributed by atoms with E-state index in [-0.39, 0.29) is 5.92 Å². The zero-order valence-electron chi connectivity index (χ0n) is 11.3. The fraction of sp³-hybridized carbons (Fsp3) is 0.188. The van der Waals surface area contributed by atoms with Crippen LogP contribution in [0.25, 0.3) is 0 Å². The highest BCUT2D eigenvalue weighted by atomic mass is 16.5. The van der Waals surface area contributed by atoms with Crippen molar-refractivity contribution in [3.8, 4) is 5.75 Å². The summed E-state index contributed by atoms with van der Waals surface area (Å²) in [7, 11) is 0. The average Bonchev–Trinajstić information content (AvgIpc) is 2.52. The minimum atomic E-state index is -0.144. The van der Waals surface area contributed by atoms with Crippen LogP contribution in [-0.4, -0.2) is 12.9 Å². The van der Waals surface area contributed by atoms with Crippen molar-refractivity contribution < 1.29 is 9.53 Å². The van der Waals surface area contributed by atoms with Gasteiger partial charge in [0.2, 0.25) is 0 Å². The molecule has 1 unspecified atom stereocenters. The van der Waals surface area contributed by atoms with Gasteiger partial charge in [0, 0.05) is 5.92 Å². The lowest BCUT2D eigenvalue weighted by Crippen LogP contribution is -2.09. The molecule has 0 aliphatic carbocycles. The Morgan fingerprint density at radius 1 is 1.05 bits per heavy atom. The molecule has 20 heavy (non-hydrogen) atoms. The number of carbonyl (C=O) groups is 1. The summed E-state index contributed by atoms with van der Waals surface area (Å²) in [4.78, 5) is 10.6. The highest BCUT2D eigenvalue weighted by Crippen LogP contribution is 2.28. The summed E-state index contributed by atoms with van der Waals surface area (Å²) in [5, 5.41) is 8.35. The Morgan fingerprint density at radius 3 is 2.50 bits per heavy atom. The molecule has 0 heterocycles. The number of rotatable bonds is 6.